The molecule has 0 spiro atoms. The van der Waals surface area contributed by atoms with Gasteiger partial charge in [0.05, 0.1) is 17.2 Å². The Labute approximate surface area is 149 Å². The monoisotopic (exact) mass is 373 g/mol. The maximum Gasteiger partial charge on any atom is 0.265 e. The van der Waals surface area contributed by atoms with Gasteiger partial charge < -0.3 is 14.8 Å². The van der Waals surface area contributed by atoms with Crippen LogP contribution in [0.15, 0.2) is 36.4 Å². The second-order valence-electron chi connectivity index (χ2n) is 4.67. The van der Waals surface area contributed by atoms with Crippen molar-refractivity contribution < 1.29 is 14.3 Å². The van der Waals surface area contributed by atoms with E-state index in [2.05, 4.69) is 5.32 Å². The third-order valence-electron chi connectivity index (χ3n) is 2.99. The number of amides is 1. The van der Waals surface area contributed by atoms with Gasteiger partial charge in [0.25, 0.3) is 5.91 Å². The summed E-state index contributed by atoms with van der Waals surface area (Å²) >= 11 is 17.9. The summed E-state index contributed by atoms with van der Waals surface area (Å²) in [5, 5.41) is 3.94. The summed E-state index contributed by atoms with van der Waals surface area (Å²) in [4.78, 5) is 12.2. The molecule has 1 amide bonds. The van der Waals surface area contributed by atoms with Crippen molar-refractivity contribution in [2.24, 2.45) is 0 Å². The molecule has 2 rings (SSSR count). The first-order valence-corrected chi connectivity index (χ1v) is 7.80. The van der Waals surface area contributed by atoms with Crippen LogP contribution < -0.4 is 14.8 Å². The number of hydrogen-bond donors (Lipinski definition) is 1. The number of hydrogen-bond acceptors (Lipinski definition) is 3. The number of nitrogens with one attached hydrogen (secondary N) is 1. The van der Waals surface area contributed by atoms with Crippen LogP contribution in [0.2, 0.25) is 15.1 Å². The molecule has 2 aromatic rings. The maximum atomic E-state index is 12.2. The average Bonchev–Trinajstić information content (AvgIpc) is 2.50. The Morgan fingerprint density at radius 1 is 1.04 bits per heavy atom. The van der Waals surface area contributed by atoms with E-state index in [4.69, 9.17) is 44.3 Å². The van der Waals surface area contributed by atoms with E-state index in [-0.39, 0.29) is 5.91 Å². The van der Waals surface area contributed by atoms with Gasteiger partial charge in [-0.2, -0.15) is 0 Å². The predicted molar refractivity (Wildman–Crippen MR) is 93.2 cm³/mol. The first-order valence-electron chi connectivity index (χ1n) is 6.67. The van der Waals surface area contributed by atoms with Crippen LogP contribution in [0.1, 0.15) is 6.92 Å². The van der Waals surface area contributed by atoms with E-state index in [1.807, 2.05) is 0 Å². The highest BCUT2D eigenvalue weighted by Crippen LogP contribution is 2.29. The Morgan fingerprint density at radius 3 is 2.30 bits per heavy atom. The van der Waals surface area contributed by atoms with Gasteiger partial charge in [-0.1, -0.05) is 34.8 Å². The summed E-state index contributed by atoms with van der Waals surface area (Å²) in [6, 6.07) is 9.74. The largest absolute Gasteiger partial charge is 0.495 e. The van der Waals surface area contributed by atoms with Gasteiger partial charge in [-0.15, -0.1) is 0 Å². The lowest BCUT2D eigenvalue weighted by molar-refractivity contribution is -0.122. The first-order chi connectivity index (χ1) is 10.9. The van der Waals surface area contributed by atoms with Gasteiger partial charge in [0, 0.05) is 10.7 Å². The lowest BCUT2D eigenvalue weighted by Crippen LogP contribution is -2.30. The molecule has 1 atom stereocenters. The van der Waals surface area contributed by atoms with Crippen LogP contribution in [0.5, 0.6) is 11.5 Å². The fraction of sp³-hybridized carbons (Fsp3) is 0.188. The molecule has 0 aliphatic rings. The van der Waals surface area contributed by atoms with Crippen LogP contribution in [0, 0.1) is 0 Å². The number of rotatable bonds is 5. The van der Waals surface area contributed by atoms with Crippen LogP contribution >= 0.6 is 34.8 Å². The Morgan fingerprint density at radius 2 is 1.70 bits per heavy atom. The van der Waals surface area contributed by atoms with Crippen molar-refractivity contribution in [3.8, 4) is 11.5 Å². The number of carbonyl (C=O) groups is 1. The van der Waals surface area contributed by atoms with Crippen molar-refractivity contribution in [1.82, 2.24) is 0 Å². The molecule has 0 fully saturated rings. The Kier molecular flexibility index (Phi) is 5.99. The third-order valence-corrected chi connectivity index (χ3v) is 3.81. The van der Waals surface area contributed by atoms with Crippen molar-refractivity contribution >= 4 is 46.4 Å². The van der Waals surface area contributed by atoms with Gasteiger partial charge in [-0.05, 0) is 43.3 Å². The van der Waals surface area contributed by atoms with E-state index in [1.165, 1.54) is 7.11 Å². The SMILES string of the molecule is COc1ccc(NC(=O)[C@@H](C)Oc2ccc(Cl)cc2Cl)cc1Cl. The zero-order valence-electron chi connectivity index (χ0n) is 12.4. The topological polar surface area (TPSA) is 47.6 Å². The Balaban J connectivity index is 2.03. The van der Waals surface area contributed by atoms with Crippen LogP contribution in [0.25, 0.3) is 0 Å². The zero-order chi connectivity index (χ0) is 17.0. The van der Waals surface area contributed by atoms with Gasteiger partial charge in [0.1, 0.15) is 11.5 Å². The van der Waals surface area contributed by atoms with E-state index in [1.54, 1.807) is 43.3 Å². The molecule has 0 unspecified atom stereocenters. The van der Waals surface area contributed by atoms with Crippen LogP contribution in [0.3, 0.4) is 0 Å². The summed E-state index contributed by atoms with van der Waals surface area (Å²) in [7, 11) is 1.52. The van der Waals surface area contributed by atoms with Crippen molar-refractivity contribution in [2.75, 3.05) is 12.4 Å². The number of anilines is 1. The molecule has 0 aliphatic carbocycles. The zero-order valence-corrected chi connectivity index (χ0v) is 14.7. The molecule has 7 heteroatoms. The molecule has 122 valence electrons. The minimum Gasteiger partial charge on any atom is -0.495 e. The standard InChI is InChI=1S/C16H14Cl3NO3/c1-9(23-15-5-3-10(17)7-12(15)18)16(21)20-11-4-6-14(22-2)13(19)8-11/h3-9H,1-2H3,(H,20,21)/t9-/m1/s1. The molecule has 23 heavy (non-hydrogen) atoms. The predicted octanol–water partition coefficient (Wildman–Crippen LogP) is 5.06. The van der Waals surface area contributed by atoms with Gasteiger partial charge in [0.2, 0.25) is 0 Å². The third kappa shape index (κ3) is 4.67. The van der Waals surface area contributed by atoms with Crippen LogP contribution in [0.4, 0.5) is 5.69 Å². The average molecular weight is 375 g/mol. The van der Waals surface area contributed by atoms with E-state index >= 15 is 0 Å². The van der Waals surface area contributed by atoms with Gasteiger partial charge in [-0.25, -0.2) is 0 Å². The number of ether oxygens (including phenoxy) is 2. The minimum atomic E-state index is -0.755. The summed E-state index contributed by atoms with van der Waals surface area (Å²) in [5.41, 5.74) is 0.540. The van der Waals surface area contributed by atoms with E-state index in [9.17, 15) is 4.79 Å². The summed E-state index contributed by atoms with van der Waals surface area (Å²) in [6.07, 6.45) is -0.755. The molecule has 0 heterocycles. The van der Waals surface area contributed by atoms with Gasteiger partial charge in [0.15, 0.2) is 6.10 Å². The van der Waals surface area contributed by atoms with Crippen molar-refractivity contribution in [1.29, 1.82) is 0 Å². The molecule has 1 N–H and O–H groups in total. The second-order valence-corrected chi connectivity index (χ2v) is 5.92. The molecule has 0 bridgehead atoms. The Hall–Kier alpha value is -1.62. The molecule has 0 aromatic heterocycles. The number of carbonyl (C=O) groups excluding carboxylic acids is 1. The fourth-order valence-electron chi connectivity index (χ4n) is 1.80. The molecule has 0 aliphatic heterocycles. The smallest absolute Gasteiger partial charge is 0.265 e. The van der Waals surface area contributed by atoms with Gasteiger partial charge in [-0.3, -0.25) is 4.79 Å². The van der Waals surface area contributed by atoms with E-state index in [0.717, 1.165) is 0 Å². The van der Waals surface area contributed by atoms with Gasteiger partial charge >= 0.3 is 0 Å². The summed E-state index contributed by atoms with van der Waals surface area (Å²) < 4.78 is 10.6. The number of benzene rings is 2. The second kappa shape index (κ2) is 7.77. The molecular formula is C16H14Cl3NO3. The summed E-state index contributed by atoms with van der Waals surface area (Å²) in [6.45, 7) is 1.62. The molecular weight excluding hydrogens is 361 g/mol. The van der Waals surface area contributed by atoms with Crippen LogP contribution in [-0.2, 0) is 4.79 Å². The normalized spacial score (nSPS) is 11.7. The summed E-state index contributed by atoms with van der Waals surface area (Å²) in [5.74, 6) is 0.575. The van der Waals surface area contributed by atoms with Crippen molar-refractivity contribution in [2.45, 2.75) is 13.0 Å². The lowest BCUT2D eigenvalue weighted by Gasteiger charge is -2.16. The van der Waals surface area contributed by atoms with Crippen LogP contribution in [-0.4, -0.2) is 19.1 Å². The highest BCUT2D eigenvalue weighted by Gasteiger charge is 2.17. The molecule has 0 saturated carbocycles. The van der Waals surface area contributed by atoms with E-state index < -0.39 is 6.10 Å². The molecule has 2 aromatic carbocycles. The van der Waals surface area contributed by atoms with E-state index in [0.29, 0.717) is 32.3 Å². The quantitative estimate of drug-likeness (QED) is 0.795. The molecule has 0 radical (unpaired) electrons. The minimum absolute atomic E-state index is 0.336. The lowest BCUT2D eigenvalue weighted by atomic mass is 10.2. The maximum absolute atomic E-state index is 12.2. The van der Waals surface area contributed by atoms with Crippen molar-refractivity contribution in [3.05, 3.63) is 51.5 Å². The Bertz CT molecular complexity index is 722. The molecule has 0 saturated heterocycles. The number of methoxy groups -OCH3 is 1. The molecule has 4 nitrogen and oxygen atoms in total. The number of halogens is 3. The van der Waals surface area contributed by atoms with Crippen molar-refractivity contribution in [3.63, 3.8) is 0 Å². The first kappa shape index (κ1) is 17.7. The highest BCUT2D eigenvalue weighted by atomic mass is 35.5. The highest BCUT2D eigenvalue weighted by molar-refractivity contribution is 6.35. The fourth-order valence-corrected chi connectivity index (χ4v) is 2.51.